The van der Waals surface area contributed by atoms with Crippen LogP contribution in [0.3, 0.4) is 0 Å². The van der Waals surface area contributed by atoms with Gasteiger partial charge in [-0.2, -0.15) is 5.06 Å². The van der Waals surface area contributed by atoms with Gasteiger partial charge in [0.1, 0.15) is 17.9 Å². The van der Waals surface area contributed by atoms with E-state index in [0.717, 1.165) is 80.5 Å². The number of nitrogens with one attached hydrogen (secondary N) is 1. The molecule has 8 atom stereocenters. The molecule has 1 aliphatic heterocycles. The number of carbonyl (C=O) groups excluding carboxylic acids is 1. The minimum atomic E-state index is -0.848. The fourth-order valence-electron chi connectivity index (χ4n) is 9.55. The number of unbranched alkanes of at least 4 members (excludes halogenated alkanes) is 2. The minimum absolute atomic E-state index is 0.0825. The van der Waals surface area contributed by atoms with Crippen LogP contribution in [0, 0.1) is 29.1 Å². The van der Waals surface area contributed by atoms with E-state index < -0.39 is 24.2 Å². The summed E-state index contributed by atoms with van der Waals surface area (Å²) >= 11 is 0. The molecule has 3 aliphatic carbocycles. The van der Waals surface area contributed by atoms with Gasteiger partial charge in [-0.05, 0) is 139 Å². The quantitative estimate of drug-likeness (QED) is 0.167. The maximum absolute atomic E-state index is 14.3. The van der Waals surface area contributed by atoms with E-state index in [4.69, 9.17) is 9.57 Å². The zero-order chi connectivity index (χ0) is 37.7. The number of aliphatic hydroxyl groups is 2. The Morgan fingerprint density at radius 3 is 2.17 bits per heavy atom. The number of amides is 1. The summed E-state index contributed by atoms with van der Waals surface area (Å²) in [6, 6.07) is 12.5. The number of para-hydroxylation sites is 1. The number of carbonyl (C=O) groups is 1. The first-order valence-corrected chi connectivity index (χ1v) is 19.9. The number of hydrogen-bond acceptors (Lipinski definition) is 8. The molecule has 6 rings (SSSR count). The molecule has 3 N–H and O–H groups in total. The first-order valence-electron chi connectivity index (χ1n) is 19.9. The van der Waals surface area contributed by atoms with Crippen LogP contribution in [0.2, 0.25) is 0 Å². The van der Waals surface area contributed by atoms with E-state index in [-0.39, 0.29) is 25.1 Å². The monoisotopic (exact) mass is 721 g/mol. The Labute approximate surface area is 314 Å². The molecule has 1 unspecified atom stereocenters. The zero-order valence-corrected chi connectivity index (χ0v) is 33.5. The minimum Gasteiger partial charge on any atom is -0.496 e. The Balaban J connectivity index is 1.41. The molecule has 1 amide bonds. The molecule has 290 valence electrons. The van der Waals surface area contributed by atoms with E-state index in [1.165, 1.54) is 17.5 Å². The molecule has 0 aromatic heterocycles. The molecule has 2 bridgehead atoms. The summed E-state index contributed by atoms with van der Waals surface area (Å²) < 4.78 is 6.17. The summed E-state index contributed by atoms with van der Waals surface area (Å²) in [7, 11) is 10.2. The van der Waals surface area contributed by atoms with Crippen LogP contribution < -0.4 is 10.1 Å². The van der Waals surface area contributed by atoms with Gasteiger partial charge in [0.2, 0.25) is 5.91 Å². The van der Waals surface area contributed by atoms with Crippen LogP contribution in [0.4, 0.5) is 0 Å². The number of hydrogen-bond donors (Lipinski definition) is 3. The highest BCUT2D eigenvalue weighted by molar-refractivity contribution is 5.83. The second kappa shape index (κ2) is 17.7. The average molecular weight is 721 g/mol. The first-order chi connectivity index (χ1) is 24.7. The fourth-order valence-corrected chi connectivity index (χ4v) is 9.55. The van der Waals surface area contributed by atoms with Crippen molar-refractivity contribution >= 4 is 5.91 Å². The van der Waals surface area contributed by atoms with Crippen LogP contribution in [-0.2, 0) is 29.0 Å². The number of benzene rings is 2. The topological polar surface area (TPSA) is 97.7 Å². The number of aliphatic hydroxyl groups excluding tert-OH is 2. The molecule has 2 aromatic carbocycles. The zero-order valence-electron chi connectivity index (χ0n) is 33.5. The van der Waals surface area contributed by atoms with Crippen molar-refractivity contribution in [1.82, 2.24) is 20.2 Å². The molecular formula is C43H68N4O5. The van der Waals surface area contributed by atoms with E-state index in [0.29, 0.717) is 23.2 Å². The van der Waals surface area contributed by atoms with Crippen molar-refractivity contribution in [2.24, 2.45) is 29.1 Å². The van der Waals surface area contributed by atoms with Gasteiger partial charge in [0.25, 0.3) is 0 Å². The lowest BCUT2D eigenvalue weighted by molar-refractivity contribution is -0.183. The second-order valence-corrected chi connectivity index (χ2v) is 17.3. The van der Waals surface area contributed by atoms with Gasteiger partial charge in [0.05, 0.1) is 26.4 Å². The molecule has 9 heteroatoms. The van der Waals surface area contributed by atoms with Crippen LogP contribution in [0.15, 0.2) is 36.4 Å². The SMILES string of the molecule is COc1c(CN2O[C@@H](CO)[C@H]([C@H](C)O)[C@H]2C(=O)N[C@H]2CC3C[C@@H]([C@@H]2C)C3(C)C)cccc1-c1cc(CCCCN(C)C)cc(CCCCN(C)C)c1. The van der Waals surface area contributed by atoms with Gasteiger partial charge in [0, 0.05) is 23.1 Å². The van der Waals surface area contributed by atoms with Gasteiger partial charge in [-0.3, -0.25) is 9.63 Å². The summed E-state index contributed by atoms with van der Waals surface area (Å²) in [5, 5.41) is 26.4. The van der Waals surface area contributed by atoms with Crippen molar-refractivity contribution in [3.05, 3.63) is 53.1 Å². The third-order valence-electron chi connectivity index (χ3n) is 12.7. The highest BCUT2D eigenvalue weighted by Crippen LogP contribution is 2.61. The molecule has 0 spiro atoms. The lowest BCUT2D eigenvalue weighted by atomic mass is 9.45. The van der Waals surface area contributed by atoms with Crippen LogP contribution in [0.1, 0.15) is 82.9 Å². The van der Waals surface area contributed by atoms with Gasteiger partial charge < -0.3 is 30.1 Å². The van der Waals surface area contributed by atoms with E-state index in [2.05, 4.69) is 88.3 Å². The molecular weight excluding hydrogens is 652 g/mol. The van der Waals surface area contributed by atoms with Crippen molar-refractivity contribution in [3.8, 4) is 16.9 Å². The largest absolute Gasteiger partial charge is 0.496 e. The molecule has 4 aliphatic rings. The highest BCUT2D eigenvalue weighted by Gasteiger charge is 2.57. The Morgan fingerprint density at radius 1 is 1.02 bits per heavy atom. The average Bonchev–Trinajstić information content (AvgIpc) is 3.47. The lowest BCUT2D eigenvalue weighted by Gasteiger charge is -2.62. The second-order valence-electron chi connectivity index (χ2n) is 17.3. The maximum atomic E-state index is 14.3. The smallest absolute Gasteiger partial charge is 0.240 e. The fraction of sp³-hybridized carbons (Fsp3) is 0.698. The van der Waals surface area contributed by atoms with E-state index in [1.807, 2.05) is 12.1 Å². The first kappa shape index (κ1) is 40.7. The summed E-state index contributed by atoms with van der Waals surface area (Å²) in [6.45, 7) is 10.8. The van der Waals surface area contributed by atoms with Crippen molar-refractivity contribution in [3.63, 3.8) is 0 Å². The number of ether oxygens (including phenoxy) is 1. The van der Waals surface area contributed by atoms with Crippen molar-refractivity contribution < 1.29 is 24.6 Å². The van der Waals surface area contributed by atoms with Crippen molar-refractivity contribution in [2.45, 2.75) is 110 Å². The summed E-state index contributed by atoms with van der Waals surface area (Å²) in [4.78, 5) is 25.1. The lowest BCUT2D eigenvalue weighted by Crippen LogP contribution is -2.62. The Hall–Kier alpha value is -2.53. The normalized spacial score (nSPS) is 27.5. The number of methoxy groups -OCH3 is 1. The van der Waals surface area contributed by atoms with Crippen LogP contribution in [-0.4, -0.2) is 110 Å². The van der Waals surface area contributed by atoms with Crippen LogP contribution in [0.5, 0.6) is 5.75 Å². The van der Waals surface area contributed by atoms with Crippen molar-refractivity contribution in [1.29, 1.82) is 0 Å². The molecule has 4 fully saturated rings. The van der Waals surface area contributed by atoms with Gasteiger partial charge in [-0.1, -0.05) is 57.2 Å². The standard InChI is InChI=1S/C43H68N4O5/c1-28-36-24-34(43(36,3)4)25-37(28)44-42(50)40-39(29(2)49)38(27-48)52-47(40)26-32-17-14-18-35(41(32)51-9)33-22-30(15-10-12-19-45(5)6)21-31(23-33)16-11-13-20-46(7)8/h14,17-18,21-23,28-29,34,36-40,48-49H,10-13,15-16,19-20,24-27H2,1-9H3,(H,44,50)/t28-,29-,34?,36-,37-,38-,39-,40-/m0/s1. The third kappa shape index (κ3) is 9.22. The van der Waals surface area contributed by atoms with E-state index in [1.54, 1.807) is 19.1 Å². The van der Waals surface area contributed by atoms with Crippen molar-refractivity contribution in [2.75, 3.05) is 55.0 Å². The maximum Gasteiger partial charge on any atom is 0.240 e. The van der Waals surface area contributed by atoms with Gasteiger partial charge >= 0.3 is 0 Å². The summed E-state index contributed by atoms with van der Waals surface area (Å²) in [6.07, 6.45) is 7.26. The number of fused-ring (bicyclic) bond motifs is 2. The van der Waals surface area contributed by atoms with Gasteiger partial charge in [-0.15, -0.1) is 0 Å². The van der Waals surface area contributed by atoms with E-state index >= 15 is 0 Å². The number of aryl methyl sites for hydroxylation is 2. The van der Waals surface area contributed by atoms with E-state index in [9.17, 15) is 15.0 Å². The molecule has 1 heterocycles. The highest BCUT2D eigenvalue weighted by atomic mass is 16.7. The molecule has 2 aromatic rings. The number of nitrogens with zero attached hydrogens (tertiary/aromatic N) is 3. The number of hydroxylamine groups is 2. The molecule has 0 radical (unpaired) electrons. The molecule has 9 nitrogen and oxygen atoms in total. The molecule has 52 heavy (non-hydrogen) atoms. The predicted molar refractivity (Wildman–Crippen MR) is 209 cm³/mol. The molecule has 3 saturated carbocycles. The van der Waals surface area contributed by atoms with Gasteiger partial charge in [-0.25, -0.2) is 0 Å². The Morgan fingerprint density at radius 2 is 1.65 bits per heavy atom. The number of rotatable bonds is 18. The predicted octanol–water partition coefficient (Wildman–Crippen LogP) is 5.79. The summed E-state index contributed by atoms with van der Waals surface area (Å²) in [5.74, 6) is 1.59. The van der Waals surface area contributed by atoms with Crippen LogP contribution in [0.25, 0.3) is 11.1 Å². The molecule has 1 saturated heterocycles. The van der Waals surface area contributed by atoms with Crippen LogP contribution >= 0.6 is 0 Å². The third-order valence-corrected chi connectivity index (χ3v) is 12.7. The summed E-state index contributed by atoms with van der Waals surface area (Å²) in [5.41, 5.74) is 6.02. The van der Waals surface area contributed by atoms with Gasteiger partial charge in [0.15, 0.2) is 0 Å². The Kier molecular flexibility index (Phi) is 13.9. The Bertz CT molecular complexity index is 1440.